The van der Waals surface area contributed by atoms with Crippen molar-refractivity contribution in [3.05, 3.63) is 59.5 Å². The number of ether oxygens (including phenoxy) is 1. The molecule has 1 aliphatic heterocycles. The number of oxazole rings is 1. The molecule has 2 aromatic carbocycles. The van der Waals surface area contributed by atoms with E-state index in [-0.39, 0.29) is 11.8 Å². The second-order valence-corrected chi connectivity index (χ2v) is 9.08. The van der Waals surface area contributed by atoms with Crippen molar-refractivity contribution in [1.82, 2.24) is 15.2 Å². The Morgan fingerprint density at radius 3 is 2.70 bits per heavy atom. The molecule has 2 amide bonds. The summed E-state index contributed by atoms with van der Waals surface area (Å²) in [7, 11) is 1.63. The number of hydrogen-bond acceptors (Lipinski definition) is 5. The number of carbonyl (C=O) groups is 2. The Balaban J connectivity index is 1.11. The van der Waals surface area contributed by atoms with Crippen LogP contribution in [0.1, 0.15) is 59.8 Å². The van der Waals surface area contributed by atoms with Crippen molar-refractivity contribution >= 4 is 22.9 Å². The molecule has 0 spiro atoms. The fourth-order valence-electron chi connectivity index (χ4n) is 4.42. The number of aromatic nitrogens is 1. The van der Waals surface area contributed by atoms with Crippen molar-refractivity contribution < 1.29 is 18.7 Å². The summed E-state index contributed by atoms with van der Waals surface area (Å²) in [5, 5.41) is 3.00. The Bertz CT molecular complexity index is 1160. The van der Waals surface area contributed by atoms with Crippen molar-refractivity contribution in [1.29, 1.82) is 0 Å². The van der Waals surface area contributed by atoms with Crippen molar-refractivity contribution in [2.24, 2.45) is 5.92 Å². The largest absolute Gasteiger partial charge is 0.497 e. The highest BCUT2D eigenvalue weighted by Crippen LogP contribution is 2.40. The molecular formula is C26H29N3O4. The van der Waals surface area contributed by atoms with E-state index >= 15 is 0 Å². The highest BCUT2D eigenvalue weighted by atomic mass is 16.5. The standard InChI is InChI=1S/C26H29N3O4/c1-32-21-4-2-3-18(13-21)16-27-24(30)14-17-9-11-29(12-10-17)26(31)20-7-8-23-22(15-20)28-25(33-23)19-5-6-19/h2-4,7-8,13,15,17,19H,5-6,9-12,14,16H2,1H3,(H,27,30). The molecule has 7 nitrogen and oxygen atoms in total. The Morgan fingerprint density at radius 1 is 1.12 bits per heavy atom. The van der Waals surface area contributed by atoms with Gasteiger partial charge >= 0.3 is 0 Å². The van der Waals surface area contributed by atoms with Crippen LogP contribution in [0.4, 0.5) is 0 Å². The van der Waals surface area contributed by atoms with E-state index in [0.29, 0.717) is 43.5 Å². The lowest BCUT2D eigenvalue weighted by Gasteiger charge is -2.31. The minimum atomic E-state index is 0.0220. The third-order valence-electron chi connectivity index (χ3n) is 6.58. The quantitative estimate of drug-likeness (QED) is 0.585. The maximum absolute atomic E-state index is 13.0. The Morgan fingerprint density at radius 2 is 1.94 bits per heavy atom. The predicted molar refractivity (Wildman–Crippen MR) is 124 cm³/mol. The number of rotatable bonds is 7. The molecule has 172 valence electrons. The summed E-state index contributed by atoms with van der Waals surface area (Å²) >= 11 is 0. The summed E-state index contributed by atoms with van der Waals surface area (Å²) in [6.07, 6.45) is 4.41. The molecular weight excluding hydrogens is 418 g/mol. The maximum Gasteiger partial charge on any atom is 0.253 e. The SMILES string of the molecule is COc1cccc(CNC(=O)CC2CCN(C(=O)c3ccc4oc(C5CC5)nc4c3)CC2)c1. The van der Waals surface area contributed by atoms with Crippen LogP contribution in [0.15, 0.2) is 46.9 Å². The van der Waals surface area contributed by atoms with E-state index in [1.807, 2.05) is 47.4 Å². The number of amides is 2. The number of nitrogens with zero attached hydrogens (tertiary/aromatic N) is 2. The third-order valence-corrected chi connectivity index (χ3v) is 6.58. The van der Waals surface area contributed by atoms with E-state index in [0.717, 1.165) is 54.0 Å². The molecule has 0 atom stereocenters. The highest BCUT2D eigenvalue weighted by Gasteiger charge is 2.29. The lowest BCUT2D eigenvalue weighted by Crippen LogP contribution is -2.39. The first kappa shape index (κ1) is 21.5. The van der Waals surface area contributed by atoms with Gasteiger partial charge in [-0.15, -0.1) is 0 Å². The van der Waals surface area contributed by atoms with E-state index in [4.69, 9.17) is 9.15 Å². The van der Waals surface area contributed by atoms with Gasteiger partial charge in [0.15, 0.2) is 11.5 Å². The van der Waals surface area contributed by atoms with Gasteiger partial charge < -0.3 is 19.4 Å². The summed E-state index contributed by atoms with van der Waals surface area (Å²) in [6, 6.07) is 13.2. The average molecular weight is 448 g/mol. The van der Waals surface area contributed by atoms with Crippen LogP contribution in [-0.4, -0.2) is 41.9 Å². The maximum atomic E-state index is 13.0. The molecule has 1 N–H and O–H groups in total. The van der Waals surface area contributed by atoms with Gasteiger partial charge in [-0.1, -0.05) is 12.1 Å². The van der Waals surface area contributed by atoms with Gasteiger partial charge in [-0.3, -0.25) is 9.59 Å². The molecule has 0 bridgehead atoms. The molecule has 33 heavy (non-hydrogen) atoms. The Hall–Kier alpha value is -3.35. The third kappa shape index (κ3) is 5.02. The first-order chi connectivity index (χ1) is 16.1. The normalized spacial score (nSPS) is 16.7. The number of carbonyl (C=O) groups excluding carboxylic acids is 2. The molecule has 7 heteroatoms. The number of nitrogens with one attached hydrogen (secondary N) is 1. The van der Waals surface area contributed by atoms with E-state index in [9.17, 15) is 9.59 Å². The van der Waals surface area contributed by atoms with Gasteiger partial charge in [0.25, 0.3) is 5.91 Å². The van der Waals surface area contributed by atoms with Crippen LogP contribution in [0, 0.1) is 5.92 Å². The van der Waals surface area contributed by atoms with E-state index in [1.54, 1.807) is 7.11 Å². The fourth-order valence-corrected chi connectivity index (χ4v) is 4.42. The number of benzene rings is 2. The molecule has 3 aromatic rings. The molecule has 2 fully saturated rings. The van der Waals surface area contributed by atoms with E-state index < -0.39 is 0 Å². The average Bonchev–Trinajstić information content (AvgIpc) is 3.61. The summed E-state index contributed by atoms with van der Waals surface area (Å²) in [4.78, 5) is 31.9. The molecule has 1 aliphatic carbocycles. The minimum Gasteiger partial charge on any atom is -0.497 e. The van der Waals surface area contributed by atoms with Gasteiger partial charge in [-0.25, -0.2) is 4.98 Å². The van der Waals surface area contributed by atoms with E-state index in [2.05, 4.69) is 10.3 Å². The zero-order chi connectivity index (χ0) is 22.8. The second-order valence-electron chi connectivity index (χ2n) is 9.08. The smallest absolute Gasteiger partial charge is 0.253 e. The molecule has 1 saturated heterocycles. The first-order valence-electron chi connectivity index (χ1n) is 11.7. The van der Waals surface area contributed by atoms with Gasteiger partial charge in [0, 0.05) is 37.5 Å². The summed E-state index contributed by atoms with van der Waals surface area (Å²) in [5.74, 6) is 2.38. The van der Waals surface area contributed by atoms with Gasteiger partial charge in [0.1, 0.15) is 11.3 Å². The molecule has 0 unspecified atom stereocenters. The Kier molecular flexibility index (Phi) is 6.03. The highest BCUT2D eigenvalue weighted by molar-refractivity contribution is 5.97. The predicted octanol–water partition coefficient (Wildman–Crippen LogP) is 4.27. The second kappa shape index (κ2) is 9.25. The van der Waals surface area contributed by atoms with E-state index in [1.165, 1.54) is 0 Å². The van der Waals surface area contributed by atoms with Crippen LogP contribution in [0.3, 0.4) is 0 Å². The monoisotopic (exact) mass is 447 g/mol. The molecule has 2 heterocycles. The van der Waals surface area contributed by atoms with Crippen molar-refractivity contribution in [3.63, 3.8) is 0 Å². The van der Waals surface area contributed by atoms with Crippen molar-refractivity contribution in [2.45, 2.75) is 44.6 Å². The molecule has 1 aromatic heterocycles. The summed E-state index contributed by atoms with van der Waals surface area (Å²) in [6.45, 7) is 1.81. The zero-order valence-corrected chi connectivity index (χ0v) is 18.9. The van der Waals surface area contributed by atoms with Crippen LogP contribution >= 0.6 is 0 Å². The summed E-state index contributed by atoms with van der Waals surface area (Å²) < 4.78 is 11.0. The van der Waals surface area contributed by atoms with Gasteiger partial charge in [-0.2, -0.15) is 0 Å². The molecule has 1 saturated carbocycles. The van der Waals surface area contributed by atoms with Gasteiger partial charge in [-0.05, 0) is 67.5 Å². The van der Waals surface area contributed by atoms with Crippen molar-refractivity contribution in [3.8, 4) is 5.75 Å². The Labute approximate surface area is 193 Å². The van der Waals surface area contributed by atoms with Crippen LogP contribution in [0.2, 0.25) is 0 Å². The van der Waals surface area contributed by atoms with Gasteiger partial charge in [0.05, 0.1) is 7.11 Å². The van der Waals surface area contributed by atoms with Crippen LogP contribution < -0.4 is 10.1 Å². The van der Waals surface area contributed by atoms with Crippen LogP contribution in [-0.2, 0) is 11.3 Å². The number of fused-ring (bicyclic) bond motifs is 1. The molecule has 2 aliphatic rings. The minimum absolute atomic E-state index is 0.0220. The van der Waals surface area contributed by atoms with Crippen molar-refractivity contribution in [2.75, 3.05) is 20.2 Å². The number of hydrogen-bond donors (Lipinski definition) is 1. The fraction of sp³-hybridized carbons (Fsp3) is 0.423. The zero-order valence-electron chi connectivity index (χ0n) is 18.9. The lowest BCUT2D eigenvalue weighted by atomic mass is 9.92. The lowest BCUT2D eigenvalue weighted by molar-refractivity contribution is -0.122. The first-order valence-corrected chi connectivity index (χ1v) is 11.7. The number of piperidine rings is 1. The number of methoxy groups -OCH3 is 1. The number of likely N-dealkylation sites (tertiary alicyclic amines) is 1. The van der Waals surface area contributed by atoms with Crippen LogP contribution in [0.25, 0.3) is 11.1 Å². The van der Waals surface area contributed by atoms with Crippen LogP contribution in [0.5, 0.6) is 5.75 Å². The summed E-state index contributed by atoms with van der Waals surface area (Å²) in [5.41, 5.74) is 3.15. The topological polar surface area (TPSA) is 84.7 Å². The van der Waals surface area contributed by atoms with Gasteiger partial charge in [0.2, 0.25) is 5.91 Å². The molecule has 5 rings (SSSR count). The molecule has 0 radical (unpaired) electrons.